The molecule has 2 heterocycles. The van der Waals surface area contributed by atoms with E-state index >= 15 is 0 Å². The van der Waals surface area contributed by atoms with Gasteiger partial charge < -0.3 is 19.7 Å². The molecule has 3 rings (SSSR count). The summed E-state index contributed by atoms with van der Waals surface area (Å²) in [7, 11) is 1.74. The summed E-state index contributed by atoms with van der Waals surface area (Å²) < 4.78 is 11.6. The van der Waals surface area contributed by atoms with E-state index in [0.717, 1.165) is 11.4 Å². The zero-order chi connectivity index (χ0) is 16.9. The van der Waals surface area contributed by atoms with E-state index in [1.54, 1.807) is 18.1 Å². The summed E-state index contributed by atoms with van der Waals surface area (Å²) in [6, 6.07) is 12.8. The summed E-state index contributed by atoms with van der Waals surface area (Å²) in [5, 5.41) is 2.93. The lowest BCUT2D eigenvalue weighted by atomic mass is 10.2. The van der Waals surface area contributed by atoms with Crippen molar-refractivity contribution in [1.29, 1.82) is 0 Å². The monoisotopic (exact) mass is 327 g/mol. The molecule has 0 radical (unpaired) electrons. The van der Waals surface area contributed by atoms with Crippen LogP contribution in [0.2, 0.25) is 0 Å². The molecule has 2 amide bonds. The van der Waals surface area contributed by atoms with Crippen molar-refractivity contribution in [1.82, 2.24) is 15.2 Å². The van der Waals surface area contributed by atoms with Crippen molar-refractivity contribution in [3.8, 4) is 11.5 Å². The Kier molecular flexibility index (Phi) is 4.84. The van der Waals surface area contributed by atoms with Gasteiger partial charge in [-0.2, -0.15) is 0 Å². The molecule has 6 nitrogen and oxygen atoms in total. The van der Waals surface area contributed by atoms with Crippen LogP contribution in [0, 0.1) is 0 Å². The van der Waals surface area contributed by atoms with Gasteiger partial charge in [-0.05, 0) is 31.2 Å². The molecule has 1 aromatic carbocycles. The van der Waals surface area contributed by atoms with Gasteiger partial charge in [-0.25, -0.2) is 4.79 Å². The zero-order valence-corrected chi connectivity index (χ0v) is 13.8. The van der Waals surface area contributed by atoms with Gasteiger partial charge in [-0.15, -0.1) is 0 Å². The van der Waals surface area contributed by atoms with Gasteiger partial charge in [0.25, 0.3) is 0 Å². The average Bonchev–Trinajstić information content (AvgIpc) is 2.62. The molecular formula is C18H21N3O3. The predicted molar refractivity (Wildman–Crippen MR) is 90.2 cm³/mol. The molecule has 1 N–H and O–H groups in total. The highest BCUT2D eigenvalue weighted by molar-refractivity contribution is 5.74. The Morgan fingerprint density at radius 3 is 2.79 bits per heavy atom. The second-order valence-electron chi connectivity index (χ2n) is 5.80. The Bertz CT molecular complexity index is 693. The van der Waals surface area contributed by atoms with Crippen LogP contribution in [0.25, 0.3) is 0 Å². The number of amides is 2. The molecule has 0 aliphatic carbocycles. The van der Waals surface area contributed by atoms with Gasteiger partial charge in [0, 0.05) is 13.2 Å². The average molecular weight is 327 g/mol. The van der Waals surface area contributed by atoms with Crippen molar-refractivity contribution < 1.29 is 14.3 Å². The molecule has 0 spiro atoms. The molecule has 2 aromatic rings. The molecule has 126 valence electrons. The number of nitrogens with one attached hydrogen (secondary N) is 1. The van der Waals surface area contributed by atoms with Crippen LogP contribution >= 0.6 is 0 Å². The minimum atomic E-state index is -0.194. The first-order valence-corrected chi connectivity index (χ1v) is 7.94. The Labute approximate surface area is 141 Å². The van der Waals surface area contributed by atoms with E-state index < -0.39 is 0 Å². The summed E-state index contributed by atoms with van der Waals surface area (Å²) in [6.45, 7) is 2.77. The summed E-state index contributed by atoms with van der Waals surface area (Å²) in [5.41, 5.74) is 0.824. The minimum Gasteiger partial charge on any atom is -0.486 e. The topological polar surface area (TPSA) is 63.7 Å². The molecular weight excluding hydrogens is 306 g/mol. The van der Waals surface area contributed by atoms with E-state index in [0.29, 0.717) is 18.9 Å². The second-order valence-corrected chi connectivity index (χ2v) is 5.80. The fourth-order valence-corrected chi connectivity index (χ4v) is 2.54. The second kappa shape index (κ2) is 7.21. The van der Waals surface area contributed by atoms with Crippen LogP contribution in [-0.4, -0.2) is 42.2 Å². The number of benzene rings is 1. The SMILES string of the molecule is C[C@H](NC(=O)N(C)C[C@H]1COc2ccccc2O1)c1ccccn1. The minimum absolute atomic E-state index is 0.162. The number of ether oxygens (including phenoxy) is 2. The molecule has 0 bridgehead atoms. The Balaban J connectivity index is 1.53. The van der Waals surface area contributed by atoms with Crippen LogP contribution in [0.1, 0.15) is 18.7 Å². The number of hydrogen-bond donors (Lipinski definition) is 1. The number of urea groups is 1. The lowest BCUT2D eigenvalue weighted by molar-refractivity contribution is 0.0713. The van der Waals surface area contributed by atoms with Gasteiger partial charge in [0.05, 0.1) is 18.3 Å². The third kappa shape index (κ3) is 3.76. The van der Waals surface area contributed by atoms with E-state index in [-0.39, 0.29) is 18.2 Å². The number of fused-ring (bicyclic) bond motifs is 1. The number of para-hydroxylation sites is 2. The third-order valence-corrected chi connectivity index (χ3v) is 3.86. The first-order valence-electron chi connectivity index (χ1n) is 7.94. The number of hydrogen-bond acceptors (Lipinski definition) is 4. The predicted octanol–water partition coefficient (Wildman–Crippen LogP) is 2.62. The fraction of sp³-hybridized carbons (Fsp3) is 0.333. The summed E-state index contributed by atoms with van der Waals surface area (Å²) in [5.74, 6) is 1.45. The maximum atomic E-state index is 12.3. The van der Waals surface area contributed by atoms with Gasteiger partial charge in [0.2, 0.25) is 0 Å². The van der Waals surface area contributed by atoms with Crippen LogP contribution in [0.15, 0.2) is 48.7 Å². The van der Waals surface area contributed by atoms with E-state index in [4.69, 9.17) is 9.47 Å². The maximum absolute atomic E-state index is 12.3. The molecule has 0 saturated carbocycles. The summed E-state index contributed by atoms with van der Waals surface area (Å²) in [6.07, 6.45) is 1.52. The maximum Gasteiger partial charge on any atom is 0.317 e. The molecule has 2 atom stereocenters. The Morgan fingerprint density at radius 2 is 2.04 bits per heavy atom. The standard InChI is InChI=1S/C18H21N3O3/c1-13(15-7-5-6-10-19-15)20-18(22)21(2)11-14-12-23-16-8-3-4-9-17(16)24-14/h3-10,13-14H,11-12H2,1-2H3,(H,20,22)/t13-,14-/m0/s1. The van der Waals surface area contributed by atoms with Gasteiger partial charge in [-0.3, -0.25) is 4.98 Å². The number of carbonyl (C=O) groups excluding carboxylic acids is 1. The van der Waals surface area contributed by atoms with Crippen LogP contribution in [-0.2, 0) is 0 Å². The summed E-state index contributed by atoms with van der Waals surface area (Å²) in [4.78, 5) is 18.2. The number of nitrogens with zero attached hydrogens (tertiary/aromatic N) is 2. The number of carbonyl (C=O) groups is 1. The van der Waals surface area contributed by atoms with Gasteiger partial charge in [0.15, 0.2) is 17.6 Å². The summed E-state index contributed by atoms with van der Waals surface area (Å²) >= 11 is 0. The number of likely N-dealkylation sites (N-methyl/N-ethyl adjacent to an activating group) is 1. The van der Waals surface area contributed by atoms with Gasteiger partial charge >= 0.3 is 6.03 Å². The van der Waals surface area contributed by atoms with Crippen molar-refractivity contribution in [3.05, 3.63) is 54.4 Å². The normalized spacial score (nSPS) is 17.0. The third-order valence-electron chi connectivity index (χ3n) is 3.86. The van der Waals surface area contributed by atoms with Crippen molar-refractivity contribution >= 4 is 6.03 Å². The molecule has 0 unspecified atom stereocenters. The number of rotatable bonds is 4. The van der Waals surface area contributed by atoms with E-state index in [1.165, 1.54) is 0 Å². The molecule has 1 aliphatic heterocycles. The van der Waals surface area contributed by atoms with Crippen molar-refractivity contribution in [3.63, 3.8) is 0 Å². The van der Waals surface area contributed by atoms with Crippen LogP contribution in [0.4, 0.5) is 4.79 Å². The van der Waals surface area contributed by atoms with E-state index in [1.807, 2.05) is 49.4 Å². The van der Waals surface area contributed by atoms with Crippen molar-refractivity contribution in [2.45, 2.75) is 19.1 Å². The molecule has 1 aromatic heterocycles. The lowest BCUT2D eigenvalue weighted by Gasteiger charge is -2.30. The Morgan fingerprint density at radius 1 is 1.29 bits per heavy atom. The molecule has 6 heteroatoms. The van der Waals surface area contributed by atoms with Crippen molar-refractivity contribution in [2.75, 3.05) is 20.2 Å². The highest BCUT2D eigenvalue weighted by Gasteiger charge is 2.24. The number of pyridine rings is 1. The fourth-order valence-electron chi connectivity index (χ4n) is 2.54. The largest absolute Gasteiger partial charge is 0.486 e. The number of aromatic nitrogens is 1. The smallest absolute Gasteiger partial charge is 0.317 e. The first-order chi connectivity index (χ1) is 11.6. The quantitative estimate of drug-likeness (QED) is 0.937. The van der Waals surface area contributed by atoms with Gasteiger partial charge in [0.1, 0.15) is 6.61 Å². The first kappa shape index (κ1) is 16.1. The Hall–Kier alpha value is -2.76. The highest BCUT2D eigenvalue weighted by atomic mass is 16.6. The van der Waals surface area contributed by atoms with Gasteiger partial charge in [-0.1, -0.05) is 18.2 Å². The molecule has 1 aliphatic rings. The van der Waals surface area contributed by atoms with Crippen LogP contribution in [0.5, 0.6) is 11.5 Å². The zero-order valence-electron chi connectivity index (χ0n) is 13.8. The van der Waals surface area contributed by atoms with E-state index in [9.17, 15) is 4.79 Å². The lowest BCUT2D eigenvalue weighted by Crippen LogP contribution is -2.46. The molecule has 0 fully saturated rings. The van der Waals surface area contributed by atoms with Crippen molar-refractivity contribution in [2.24, 2.45) is 0 Å². The molecule has 0 saturated heterocycles. The molecule has 24 heavy (non-hydrogen) atoms. The van der Waals surface area contributed by atoms with Crippen LogP contribution in [0.3, 0.4) is 0 Å². The van der Waals surface area contributed by atoms with Crippen LogP contribution < -0.4 is 14.8 Å². The highest BCUT2D eigenvalue weighted by Crippen LogP contribution is 2.30. The van der Waals surface area contributed by atoms with E-state index in [2.05, 4.69) is 10.3 Å².